The minimum Gasteiger partial charge on any atom is -0.379 e. The fourth-order valence-corrected chi connectivity index (χ4v) is 3.69. The minimum atomic E-state index is -3.93. The van der Waals surface area contributed by atoms with Crippen LogP contribution in [0, 0.1) is 27.7 Å². The van der Waals surface area contributed by atoms with Gasteiger partial charge in [0, 0.05) is 10.0 Å². The Morgan fingerprint density at radius 1 is 0.818 bits per heavy atom. The summed E-state index contributed by atoms with van der Waals surface area (Å²) >= 11 is 12.1. The normalized spacial score (nSPS) is 11.5. The molecule has 0 aliphatic heterocycles. The van der Waals surface area contributed by atoms with E-state index >= 15 is 0 Å². The molecule has 2 aromatic rings. The molecule has 6 heteroatoms. The zero-order valence-corrected chi connectivity index (χ0v) is 15.0. The first-order valence-electron chi connectivity index (χ1n) is 6.60. The van der Waals surface area contributed by atoms with Crippen molar-refractivity contribution in [2.45, 2.75) is 32.6 Å². The highest BCUT2D eigenvalue weighted by atomic mass is 35.5. The molecule has 0 saturated carbocycles. The van der Waals surface area contributed by atoms with Gasteiger partial charge < -0.3 is 4.18 Å². The van der Waals surface area contributed by atoms with Gasteiger partial charge in [-0.1, -0.05) is 23.2 Å². The molecule has 0 unspecified atom stereocenters. The lowest BCUT2D eigenvalue weighted by atomic mass is 10.1. The fraction of sp³-hybridized carbons (Fsp3) is 0.250. The van der Waals surface area contributed by atoms with Gasteiger partial charge in [0.2, 0.25) is 0 Å². The summed E-state index contributed by atoms with van der Waals surface area (Å²) in [5, 5.41) is 1.12. The minimum absolute atomic E-state index is 0.111. The van der Waals surface area contributed by atoms with Gasteiger partial charge in [-0.3, -0.25) is 0 Å². The van der Waals surface area contributed by atoms with E-state index in [0.717, 1.165) is 11.1 Å². The second kappa shape index (κ2) is 6.11. The first kappa shape index (κ1) is 17.1. The summed E-state index contributed by atoms with van der Waals surface area (Å²) in [7, 11) is -3.93. The molecule has 0 atom stereocenters. The molecule has 0 bridgehead atoms. The van der Waals surface area contributed by atoms with Crippen molar-refractivity contribution in [1.82, 2.24) is 0 Å². The summed E-state index contributed by atoms with van der Waals surface area (Å²) in [5.41, 5.74) is 2.74. The van der Waals surface area contributed by atoms with Crippen molar-refractivity contribution in [3.63, 3.8) is 0 Å². The van der Waals surface area contributed by atoms with Gasteiger partial charge in [0.05, 0.1) is 0 Å². The molecule has 0 aliphatic rings. The van der Waals surface area contributed by atoms with Gasteiger partial charge in [-0.05, 0) is 74.2 Å². The molecule has 0 radical (unpaired) electrons. The number of rotatable bonds is 3. The van der Waals surface area contributed by atoms with Crippen LogP contribution < -0.4 is 4.18 Å². The van der Waals surface area contributed by atoms with Gasteiger partial charge >= 0.3 is 10.1 Å². The fourth-order valence-electron chi connectivity index (χ4n) is 2.15. The lowest BCUT2D eigenvalue weighted by Crippen LogP contribution is -2.12. The Morgan fingerprint density at radius 3 is 1.91 bits per heavy atom. The first-order valence-corrected chi connectivity index (χ1v) is 8.76. The van der Waals surface area contributed by atoms with Crippen molar-refractivity contribution in [3.05, 3.63) is 56.6 Å². The van der Waals surface area contributed by atoms with E-state index in [9.17, 15) is 8.42 Å². The summed E-state index contributed by atoms with van der Waals surface area (Å²) in [4.78, 5) is 0.111. The van der Waals surface area contributed by atoms with E-state index in [4.69, 9.17) is 27.4 Å². The molecule has 118 valence electrons. The smallest absolute Gasteiger partial charge is 0.339 e. The predicted molar refractivity (Wildman–Crippen MR) is 89.7 cm³/mol. The molecule has 0 aromatic heterocycles. The predicted octanol–water partition coefficient (Wildman–Crippen LogP) is 4.99. The SMILES string of the molecule is Cc1cc(S(=O)(=O)Oc2cc(C)c(Cl)c(C)c2)c(C)cc1Cl. The molecule has 0 N–H and O–H groups in total. The molecule has 0 amide bonds. The average molecular weight is 359 g/mol. The van der Waals surface area contributed by atoms with Gasteiger partial charge in [-0.25, -0.2) is 0 Å². The third-order valence-electron chi connectivity index (χ3n) is 3.34. The van der Waals surface area contributed by atoms with Gasteiger partial charge in [-0.2, -0.15) is 8.42 Å². The summed E-state index contributed by atoms with van der Waals surface area (Å²) in [5.74, 6) is 0.242. The summed E-state index contributed by atoms with van der Waals surface area (Å²) in [6.45, 7) is 7.02. The van der Waals surface area contributed by atoms with E-state index in [0.29, 0.717) is 21.2 Å². The monoisotopic (exact) mass is 358 g/mol. The van der Waals surface area contributed by atoms with Crippen LogP contribution in [0.5, 0.6) is 5.75 Å². The van der Waals surface area contributed by atoms with Crippen molar-refractivity contribution in [1.29, 1.82) is 0 Å². The molecule has 3 nitrogen and oxygen atoms in total. The van der Waals surface area contributed by atoms with Gasteiger partial charge in [0.25, 0.3) is 0 Å². The molecule has 2 aromatic carbocycles. The highest BCUT2D eigenvalue weighted by Gasteiger charge is 2.21. The molecule has 0 heterocycles. The van der Waals surface area contributed by atoms with Gasteiger partial charge in [-0.15, -0.1) is 0 Å². The van der Waals surface area contributed by atoms with E-state index < -0.39 is 10.1 Å². The standard InChI is InChI=1S/C16H16Cl2O3S/c1-9-8-15(10(2)7-14(9)17)22(19,20)21-13-5-11(3)16(18)12(4)6-13/h5-8H,1-4H3. The van der Waals surface area contributed by atoms with Crippen LogP contribution >= 0.6 is 23.2 Å². The van der Waals surface area contributed by atoms with Crippen molar-refractivity contribution >= 4 is 33.3 Å². The topological polar surface area (TPSA) is 43.4 Å². The van der Waals surface area contributed by atoms with Crippen molar-refractivity contribution < 1.29 is 12.6 Å². The molecular formula is C16H16Cl2O3S. The van der Waals surface area contributed by atoms with Gasteiger partial charge in [0.15, 0.2) is 0 Å². The lowest BCUT2D eigenvalue weighted by Gasteiger charge is -2.12. The molecule has 0 aliphatic carbocycles. The number of hydrogen-bond donors (Lipinski definition) is 0. The average Bonchev–Trinajstić information content (AvgIpc) is 2.39. The third kappa shape index (κ3) is 3.40. The maximum Gasteiger partial charge on any atom is 0.339 e. The quantitative estimate of drug-likeness (QED) is 0.725. The Hall–Kier alpha value is -1.23. The van der Waals surface area contributed by atoms with Gasteiger partial charge in [0.1, 0.15) is 10.6 Å². The van der Waals surface area contributed by atoms with Crippen LogP contribution in [0.15, 0.2) is 29.2 Å². The van der Waals surface area contributed by atoms with Crippen LogP contribution in [0.4, 0.5) is 0 Å². The highest BCUT2D eigenvalue weighted by molar-refractivity contribution is 7.87. The van der Waals surface area contributed by atoms with E-state index in [-0.39, 0.29) is 10.6 Å². The Bertz CT molecular complexity index is 820. The van der Waals surface area contributed by atoms with Crippen LogP contribution in [-0.2, 0) is 10.1 Å². The maximum absolute atomic E-state index is 12.5. The van der Waals surface area contributed by atoms with Crippen LogP contribution in [0.25, 0.3) is 0 Å². The van der Waals surface area contributed by atoms with E-state index in [2.05, 4.69) is 0 Å². The Kier molecular flexibility index (Phi) is 4.76. The van der Waals surface area contributed by atoms with E-state index in [1.807, 2.05) is 0 Å². The van der Waals surface area contributed by atoms with Crippen LogP contribution in [0.1, 0.15) is 22.3 Å². The maximum atomic E-state index is 12.5. The number of hydrogen-bond acceptors (Lipinski definition) is 3. The lowest BCUT2D eigenvalue weighted by molar-refractivity contribution is 0.485. The number of aryl methyl sites for hydroxylation is 4. The van der Waals surface area contributed by atoms with Crippen LogP contribution in [0.2, 0.25) is 10.0 Å². The summed E-state index contributed by atoms with van der Waals surface area (Å²) < 4.78 is 30.2. The van der Waals surface area contributed by atoms with Crippen LogP contribution in [-0.4, -0.2) is 8.42 Å². The molecule has 22 heavy (non-hydrogen) atoms. The second-order valence-corrected chi connectivity index (χ2v) is 7.58. The van der Waals surface area contributed by atoms with Crippen molar-refractivity contribution in [2.75, 3.05) is 0 Å². The summed E-state index contributed by atoms with van der Waals surface area (Å²) in [6, 6.07) is 6.34. The summed E-state index contributed by atoms with van der Waals surface area (Å²) in [6.07, 6.45) is 0. The largest absolute Gasteiger partial charge is 0.379 e. The molecule has 0 saturated heterocycles. The Morgan fingerprint density at radius 2 is 1.36 bits per heavy atom. The Labute approximate surface area is 141 Å². The second-order valence-electron chi connectivity index (χ2n) is 5.28. The van der Waals surface area contributed by atoms with E-state index in [1.165, 1.54) is 6.07 Å². The zero-order valence-electron chi connectivity index (χ0n) is 12.7. The zero-order chi connectivity index (χ0) is 16.7. The highest BCUT2D eigenvalue weighted by Crippen LogP contribution is 2.30. The third-order valence-corrected chi connectivity index (χ3v) is 5.74. The number of halogens is 2. The van der Waals surface area contributed by atoms with Crippen molar-refractivity contribution in [3.8, 4) is 5.75 Å². The van der Waals surface area contributed by atoms with Crippen LogP contribution in [0.3, 0.4) is 0 Å². The molecule has 0 fully saturated rings. The molecular weight excluding hydrogens is 343 g/mol. The first-order chi connectivity index (χ1) is 10.1. The van der Waals surface area contributed by atoms with Crippen molar-refractivity contribution in [2.24, 2.45) is 0 Å². The number of benzene rings is 2. The molecule has 0 spiro atoms. The Balaban J connectivity index is 2.47. The van der Waals surface area contributed by atoms with E-state index in [1.54, 1.807) is 45.9 Å². The molecule has 2 rings (SSSR count).